The number of hydrogen-bond acceptors (Lipinski definition) is 13. The number of oxime groups is 1. The van der Waals surface area contributed by atoms with Crippen LogP contribution >= 0.6 is 23.1 Å². The van der Waals surface area contributed by atoms with Gasteiger partial charge in [-0.25, -0.2) is 14.6 Å². The molecule has 2 atom stereocenters. The van der Waals surface area contributed by atoms with Crippen molar-refractivity contribution in [1.29, 1.82) is 0 Å². The summed E-state index contributed by atoms with van der Waals surface area (Å²) in [6.45, 7) is -0.954. The zero-order valence-corrected chi connectivity index (χ0v) is 21.7. The molecule has 16 nitrogen and oxygen atoms in total. The Bertz CT molecular complexity index is 1420. The van der Waals surface area contributed by atoms with E-state index in [-0.39, 0.29) is 34.4 Å². The van der Waals surface area contributed by atoms with Gasteiger partial charge in [-0.05, 0) is 17.7 Å². The van der Waals surface area contributed by atoms with Crippen molar-refractivity contribution < 1.29 is 43.6 Å². The van der Waals surface area contributed by atoms with Crippen molar-refractivity contribution >= 4 is 69.8 Å². The number of carboxylic acids is 1. The van der Waals surface area contributed by atoms with Crippen LogP contribution in [0.1, 0.15) is 11.3 Å². The number of carbonyl (C=O) groups excluding carboxylic acids is 4. The molecule has 2 aliphatic heterocycles. The van der Waals surface area contributed by atoms with Gasteiger partial charge in [0.15, 0.2) is 10.8 Å². The van der Waals surface area contributed by atoms with Crippen molar-refractivity contribution in [2.75, 3.05) is 17.7 Å². The Hall–Kier alpha value is -4.84. The van der Waals surface area contributed by atoms with Crippen LogP contribution in [0.2, 0.25) is 0 Å². The summed E-state index contributed by atoms with van der Waals surface area (Å²) >= 11 is 2.19. The van der Waals surface area contributed by atoms with E-state index < -0.39 is 52.4 Å². The maximum atomic E-state index is 13.0. The van der Waals surface area contributed by atoms with Gasteiger partial charge in [0.25, 0.3) is 17.5 Å². The van der Waals surface area contributed by atoms with E-state index in [1.54, 1.807) is 0 Å². The van der Waals surface area contributed by atoms with Gasteiger partial charge in [-0.3, -0.25) is 24.5 Å². The largest absolute Gasteiger partial charge is 0.479 e. The van der Waals surface area contributed by atoms with E-state index in [4.69, 9.17) is 14.7 Å². The molecule has 0 aliphatic carbocycles. The number of thioether (sulfide) groups is 1. The summed E-state index contributed by atoms with van der Waals surface area (Å²) in [5.74, 6) is -3.21. The highest BCUT2D eigenvalue weighted by molar-refractivity contribution is 8.00. The summed E-state index contributed by atoms with van der Waals surface area (Å²) in [4.78, 5) is 79.8. The Kier molecular flexibility index (Phi) is 8.70. The number of nitro groups is 1. The minimum Gasteiger partial charge on any atom is -0.479 e. The molecular formula is C22H18N6O10S2. The average molecular weight is 591 g/mol. The van der Waals surface area contributed by atoms with Crippen molar-refractivity contribution in [2.45, 2.75) is 18.0 Å². The number of carboxylic acid groups (broad SMARTS) is 1. The van der Waals surface area contributed by atoms with Crippen LogP contribution < -0.4 is 10.6 Å². The second-order valence-electron chi connectivity index (χ2n) is 7.96. The smallest absolute Gasteiger partial charge is 0.344 e. The molecule has 1 fully saturated rings. The Morgan fingerprint density at radius 3 is 2.73 bits per heavy atom. The second-order valence-corrected chi connectivity index (χ2v) is 9.92. The Balaban J connectivity index is 1.37. The predicted octanol–water partition coefficient (Wildman–Crippen LogP) is 0.452. The molecule has 0 saturated carbocycles. The van der Waals surface area contributed by atoms with Crippen molar-refractivity contribution in [2.24, 2.45) is 5.16 Å². The molecule has 40 heavy (non-hydrogen) atoms. The third-order valence-electron chi connectivity index (χ3n) is 5.34. The number of anilines is 1. The number of fused-ring (bicyclic) bond motifs is 1. The number of β-lactam (4-membered cyclic amide) rings is 1. The third-order valence-corrected chi connectivity index (χ3v) is 7.43. The van der Waals surface area contributed by atoms with E-state index in [0.717, 1.165) is 11.3 Å². The first kappa shape index (κ1) is 28.2. The SMILES string of the molecule is O=CNc1nc(C(=NOCC(=O)O)C(=O)NC2C(=O)N3C=C(C(=O)OCc4ccc([N+](=O)[O-])cc4)CS[C@H]23)cs1. The second kappa shape index (κ2) is 12.3. The monoisotopic (exact) mass is 590 g/mol. The van der Waals surface area contributed by atoms with Crippen LogP contribution in [-0.4, -0.2) is 79.6 Å². The van der Waals surface area contributed by atoms with Crippen molar-refractivity contribution in [3.63, 3.8) is 0 Å². The maximum Gasteiger partial charge on any atom is 0.344 e. The Labute approximate surface area is 232 Å². The molecular weight excluding hydrogens is 572 g/mol. The number of esters is 1. The molecule has 1 aromatic carbocycles. The first-order chi connectivity index (χ1) is 19.2. The quantitative estimate of drug-likeness (QED) is 0.0766. The molecule has 208 valence electrons. The van der Waals surface area contributed by atoms with E-state index in [9.17, 15) is 34.1 Å². The molecule has 3 amide bonds. The molecule has 1 unspecified atom stereocenters. The van der Waals surface area contributed by atoms with Crippen LogP contribution in [0.4, 0.5) is 10.8 Å². The summed E-state index contributed by atoms with van der Waals surface area (Å²) in [5.41, 5.74) is 0.235. The van der Waals surface area contributed by atoms with Gasteiger partial charge >= 0.3 is 11.9 Å². The molecule has 0 radical (unpaired) electrons. The van der Waals surface area contributed by atoms with Crippen molar-refractivity contribution in [1.82, 2.24) is 15.2 Å². The van der Waals surface area contributed by atoms with Crippen molar-refractivity contribution in [3.8, 4) is 0 Å². The summed E-state index contributed by atoms with van der Waals surface area (Å²) in [6, 6.07) is 4.53. The number of thiazole rings is 1. The number of nitro benzene ring substituents is 1. The fourth-order valence-electron chi connectivity index (χ4n) is 3.45. The molecule has 2 aliphatic rings. The normalized spacial score (nSPS) is 18.0. The Morgan fingerprint density at radius 1 is 1.30 bits per heavy atom. The molecule has 0 bridgehead atoms. The number of nitrogens with zero attached hydrogens (tertiary/aromatic N) is 4. The van der Waals surface area contributed by atoms with Gasteiger partial charge < -0.3 is 30.2 Å². The van der Waals surface area contributed by atoms with Gasteiger partial charge in [-0.1, -0.05) is 5.16 Å². The molecule has 0 spiro atoms. The summed E-state index contributed by atoms with van der Waals surface area (Å²) in [7, 11) is 0. The number of hydrogen-bond donors (Lipinski definition) is 3. The van der Waals surface area contributed by atoms with E-state index in [2.05, 4.69) is 20.8 Å². The highest BCUT2D eigenvalue weighted by Crippen LogP contribution is 2.36. The molecule has 18 heteroatoms. The molecule has 1 saturated heterocycles. The minimum atomic E-state index is -1.33. The highest BCUT2D eigenvalue weighted by Gasteiger charge is 2.50. The number of aliphatic carboxylic acids is 1. The molecule has 2 aromatic rings. The van der Waals surface area contributed by atoms with E-state index in [0.29, 0.717) is 12.0 Å². The lowest BCUT2D eigenvalue weighted by atomic mass is 10.1. The lowest BCUT2D eigenvalue weighted by Gasteiger charge is -2.47. The molecule has 3 heterocycles. The van der Waals surface area contributed by atoms with Crippen LogP contribution in [0.5, 0.6) is 0 Å². The standard InChI is InChI=1S/C22H18N6O10S2/c29-10-23-22-24-14(9-40-22)16(26-38-7-15(30)31)18(32)25-17-19(33)27-5-12(8-39-20(17)27)21(34)37-6-11-1-3-13(4-2-11)28(35)36/h1-5,9-10,17,20H,6-8H2,(H,25,32)(H,30,31)(H,23,24,29)/t17?,20-/m1/s1. The summed E-state index contributed by atoms with van der Waals surface area (Å²) in [5, 5.41) is 28.9. The Morgan fingerprint density at radius 2 is 2.05 bits per heavy atom. The number of nitrogens with one attached hydrogen (secondary N) is 2. The van der Waals surface area contributed by atoms with Gasteiger partial charge in [0.1, 0.15) is 23.7 Å². The summed E-state index contributed by atoms with van der Waals surface area (Å²) < 4.78 is 5.25. The lowest BCUT2D eigenvalue weighted by molar-refractivity contribution is -0.384. The first-order valence-electron chi connectivity index (χ1n) is 11.1. The number of amides is 3. The molecule has 3 N–H and O–H groups in total. The zero-order valence-electron chi connectivity index (χ0n) is 20.0. The highest BCUT2D eigenvalue weighted by atomic mass is 32.2. The number of rotatable bonds is 12. The summed E-state index contributed by atoms with van der Waals surface area (Å²) in [6.07, 6.45) is 1.72. The van der Waals surface area contributed by atoms with Crippen LogP contribution in [0.3, 0.4) is 0 Å². The van der Waals surface area contributed by atoms with Crippen LogP contribution in [-0.2, 0) is 40.2 Å². The van der Waals surface area contributed by atoms with Gasteiger partial charge in [-0.2, -0.15) is 0 Å². The minimum absolute atomic E-state index is 0.0184. The van der Waals surface area contributed by atoms with Crippen LogP contribution in [0, 0.1) is 10.1 Å². The van der Waals surface area contributed by atoms with Crippen molar-refractivity contribution in [3.05, 3.63) is 62.8 Å². The predicted molar refractivity (Wildman–Crippen MR) is 138 cm³/mol. The van der Waals surface area contributed by atoms with Gasteiger partial charge in [-0.15, -0.1) is 23.1 Å². The number of carbonyl (C=O) groups is 5. The number of benzene rings is 1. The van der Waals surface area contributed by atoms with Gasteiger partial charge in [0.2, 0.25) is 13.0 Å². The molecule has 1 aromatic heterocycles. The maximum absolute atomic E-state index is 13.0. The zero-order chi connectivity index (χ0) is 28.8. The third kappa shape index (κ3) is 6.41. The van der Waals surface area contributed by atoms with Crippen LogP contribution in [0.15, 0.2) is 46.6 Å². The fourth-order valence-corrected chi connectivity index (χ4v) is 5.35. The van der Waals surface area contributed by atoms with Gasteiger partial charge in [0.05, 0.1) is 10.5 Å². The number of ether oxygens (including phenoxy) is 1. The molecule has 4 rings (SSSR count). The van der Waals surface area contributed by atoms with E-state index >= 15 is 0 Å². The number of aromatic nitrogens is 1. The fraction of sp³-hybridized carbons (Fsp3) is 0.227. The van der Waals surface area contributed by atoms with E-state index in [1.165, 1.54) is 52.5 Å². The average Bonchev–Trinajstić information content (AvgIpc) is 3.40. The van der Waals surface area contributed by atoms with Crippen LogP contribution in [0.25, 0.3) is 0 Å². The topological polar surface area (TPSA) is 220 Å². The van der Waals surface area contributed by atoms with Gasteiger partial charge in [0, 0.05) is 29.5 Å². The number of non-ortho nitro benzene ring substituents is 1. The lowest BCUT2D eigenvalue weighted by Crippen LogP contribution is -2.69. The van der Waals surface area contributed by atoms with E-state index in [1.807, 2.05) is 0 Å². The first-order valence-corrected chi connectivity index (χ1v) is 13.0.